The Balaban J connectivity index is 2.10. The molecule has 1 saturated heterocycles. The molecule has 2 rings (SSSR count). The molecule has 0 unspecified atom stereocenters. The number of aliphatic imine (C=N–C) groups is 1. The molecule has 152 valence electrons. The Bertz CT molecular complexity index is 657. The van der Waals surface area contributed by atoms with Crippen LogP contribution in [-0.4, -0.2) is 74.1 Å². The van der Waals surface area contributed by atoms with Crippen LogP contribution in [0.1, 0.15) is 45.8 Å². The van der Waals surface area contributed by atoms with Crippen molar-refractivity contribution < 1.29 is 20.1 Å². The average Bonchev–Trinajstić information content (AvgIpc) is 2.95. The quantitative estimate of drug-likeness (QED) is 0.396. The summed E-state index contributed by atoms with van der Waals surface area (Å²) in [4.78, 5) is 22.6. The minimum atomic E-state index is -1.32. The first-order chi connectivity index (χ1) is 13.0. The van der Waals surface area contributed by atoms with Gasteiger partial charge in [0, 0.05) is 19.3 Å². The molecule has 2 heterocycles. The van der Waals surface area contributed by atoms with Crippen LogP contribution in [0.4, 0.5) is 5.82 Å². The molecule has 4 atom stereocenters. The molecule has 0 saturated carbocycles. The lowest BCUT2D eigenvalue weighted by Crippen LogP contribution is -2.35. The summed E-state index contributed by atoms with van der Waals surface area (Å²) in [5, 5.41) is 29.0. The second-order valence-electron chi connectivity index (χ2n) is 6.69. The van der Waals surface area contributed by atoms with Crippen molar-refractivity contribution in [2.45, 2.75) is 64.1 Å². The first-order valence-corrected chi connectivity index (χ1v) is 9.51. The Morgan fingerprint density at radius 1 is 1.26 bits per heavy atom. The van der Waals surface area contributed by atoms with E-state index in [0.29, 0.717) is 0 Å². The topological polar surface area (TPSA) is 120 Å². The predicted molar refractivity (Wildman–Crippen MR) is 101 cm³/mol. The molecule has 1 fully saturated rings. The average molecular weight is 382 g/mol. The number of rotatable bonds is 10. The summed E-state index contributed by atoms with van der Waals surface area (Å²) in [5.41, 5.74) is -0.645. The van der Waals surface area contributed by atoms with Crippen molar-refractivity contribution in [3.05, 3.63) is 22.7 Å². The summed E-state index contributed by atoms with van der Waals surface area (Å²) in [7, 11) is 0. The van der Waals surface area contributed by atoms with Crippen molar-refractivity contribution >= 4 is 12.2 Å². The fourth-order valence-corrected chi connectivity index (χ4v) is 2.87. The number of hydrogen-bond donors (Lipinski definition) is 3. The predicted octanol–water partition coefficient (Wildman–Crippen LogP) is 0.417. The number of aliphatic hydroxyl groups is 3. The standard InChI is InChI=1S/C18H30N4O5/c1-3-5-8-21(9-6-4-2)12-19-14-7-10-22(18(26)20-14)17-16(25)15(24)13(11-23)27-17/h7,10,12-13,15-17,23-25H,3-6,8-9,11H2,1-2H3/t13-,15-,16+,17-/m1/s1. The first kappa shape index (κ1) is 21.5. The number of aliphatic hydroxyl groups excluding tert-OH is 3. The highest BCUT2D eigenvalue weighted by molar-refractivity contribution is 5.59. The van der Waals surface area contributed by atoms with Crippen LogP contribution in [0.5, 0.6) is 0 Å². The van der Waals surface area contributed by atoms with Gasteiger partial charge in [-0.1, -0.05) is 26.7 Å². The third kappa shape index (κ3) is 5.58. The van der Waals surface area contributed by atoms with Crippen LogP contribution in [-0.2, 0) is 4.74 Å². The van der Waals surface area contributed by atoms with Gasteiger partial charge in [0.1, 0.15) is 18.3 Å². The second-order valence-corrected chi connectivity index (χ2v) is 6.69. The Morgan fingerprint density at radius 3 is 2.44 bits per heavy atom. The molecule has 0 aromatic carbocycles. The van der Waals surface area contributed by atoms with Gasteiger partial charge in [0.2, 0.25) is 0 Å². The Kier molecular flexibility index (Phi) is 8.36. The smallest absolute Gasteiger partial charge is 0.351 e. The number of ether oxygens (including phenoxy) is 1. The lowest BCUT2D eigenvalue weighted by atomic mass is 10.1. The largest absolute Gasteiger partial charge is 0.394 e. The Hall–Kier alpha value is -1.81. The van der Waals surface area contributed by atoms with Crippen molar-refractivity contribution in [3.63, 3.8) is 0 Å². The molecule has 9 heteroatoms. The van der Waals surface area contributed by atoms with Gasteiger partial charge in [0.25, 0.3) is 0 Å². The highest BCUT2D eigenvalue weighted by Gasteiger charge is 2.43. The van der Waals surface area contributed by atoms with E-state index in [0.717, 1.165) is 43.3 Å². The van der Waals surface area contributed by atoms with Crippen molar-refractivity contribution in [2.24, 2.45) is 4.99 Å². The minimum absolute atomic E-state index is 0.265. The number of nitrogens with zero attached hydrogens (tertiary/aromatic N) is 4. The van der Waals surface area contributed by atoms with Crippen LogP contribution in [0.3, 0.4) is 0 Å². The van der Waals surface area contributed by atoms with Gasteiger partial charge in [-0.15, -0.1) is 0 Å². The summed E-state index contributed by atoms with van der Waals surface area (Å²) in [6.07, 6.45) is 2.82. The van der Waals surface area contributed by atoms with E-state index in [2.05, 4.69) is 28.7 Å². The fourth-order valence-electron chi connectivity index (χ4n) is 2.87. The van der Waals surface area contributed by atoms with Gasteiger partial charge >= 0.3 is 5.69 Å². The molecule has 9 nitrogen and oxygen atoms in total. The van der Waals surface area contributed by atoms with Gasteiger partial charge in [-0.3, -0.25) is 4.57 Å². The van der Waals surface area contributed by atoms with Crippen LogP contribution >= 0.6 is 0 Å². The van der Waals surface area contributed by atoms with E-state index in [1.165, 1.54) is 6.20 Å². The summed E-state index contributed by atoms with van der Waals surface area (Å²) >= 11 is 0. The zero-order valence-corrected chi connectivity index (χ0v) is 15.9. The second kappa shape index (κ2) is 10.5. The Morgan fingerprint density at radius 2 is 1.93 bits per heavy atom. The SMILES string of the molecule is CCCCN(C=Nc1ccn([C@@H]2O[C@H](CO)[C@@H](O)[C@@H]2O)c(=O)n1)CCCC. The molecule has 3 N–H and O–H groups in total. The normalized spacial score (nSPS) is 25.4. The highest BCUT2D eigenvalue weighted by Crippen LogP contribution is 2.28. The van der Waals surface area contributed by atoms with Crippen LogP contribution in [0.15, 0.2) is 22.1 Å². The fraction of sp³-hybridized carbons (Fsp3) is 0.722. The van der Waals surface area contributed by atoms with Gasteiger partial charge in [-0.05, 0) is 18.9 Å². The minimum Gasteiger partial charge on any atom is -0.394 e. The van der Waals surface area contributed by atoms with E-state index in [1.54, 1.807) is 12.4 Å². The van der Waals surface area contributed by atoms with Gasteiger partial charge in [0.15, 0.2) is 12.0 Å². The monoisotopic (exact) mass is 382 g/mol. The molecular formula is C18H30N4O5. The van der Waals surface area contributed by atoms with Gasteiger partial charge in [0.05, 0.1) is 12.9 Å². The van der Waals surface area contributed by atoms with Crippen molar-refractivity contribution in [1.82, 2.24) is 14.5 Å². The third-order valence-corrected chi connectivity index (χ3v) is 4.56. The number of aromatic nitrogens is 2. The van der Waals surface area contributed by atoms with Crippen LogP contribution < -0.4 is 5.69 Å². The first-order valence-electron chi connectivity index (χ1n) is 9.51. The molecular weight excluding hydrogens is 352 g/mol. The van der Waals surface area contributed by atoms with Crippen molar-refractivity contribution in [1.29, 1.82) is 0 Å². The van der Waals surface area contributed by atoms with E-state index < -0.39 is 36.8 Å². The molecule has 0 radical (unpaired) electrons. The van der Waals surface area contributed by atoms with E-state index in [4.69, 9.17) is 9.84 Å². The molecule has 0 aliphatic carbocycles. The van der Waals surface area contributed by atoms with E-state index in [1.807, 2.05) is 0 Å². The summed E-state index contributed by atoms with van der Waals surface area (Å²) < 4.78 is 6.45. The van der Waals surface area contributed by atoms with Crippen LogP contribution in [0.25, 0.3) is 0 Å². The lowest BCUT2D eigenvalue weighted by molar-refractivity contribution is -0.0549. The lowest BCUT2D eigenvalue weighted by Gasteiger charge is -2.19. The summed E-state index contributed by atoms with van der Waals surface area (Å²) in [6.45, 7) is 5.62. The summed E-state index contributed by atoms with van der Waals surface area (Å²) in [6, 6.07) is 1.55. The molecule has 1 aromatic rings. The maximum Gasteiger partial charge on any atom is 0.351 e. The van der Waals surface area contributed by atoms with Gasteiger partial charge in [-0.25, -0.2) is 9.79 Å². The number of unbranched alkanes of at least 4 members (excludes halogenated alkanes) is 2. The van der Waals surface area contributed by atoms with Crippen LogP contribution in [0, 0.1) is 0 Å². The zero-order valence-electron chi connectivity index (χ0n) is 15.9. The molecule has 0 amide bonds. The third-order valence-electron chi connectivity index (χ3n) is 4.56. The zero-order chi connectivity index (χ0) is 19.8. The molecule has 1 aliphatic rings. The van der Waals surface area contributed by atoms with Crippen molar-refractivity contribution in [2.75, 3.05) is 19.7 Å². The van der Waals surface area contributed by atoms with Crippen LogP contribution in [0.2, 0.25) is 0 Å². The highest BCUT2D eigenvalue weighted by atomic mass is 16.6. The molecule has 0 spiro atoms. The maximum atomic E-state index is 12.3. The Labute approximate surface area is 158 Å². The molecule has 0 bridgehead atoms. The molecule has 27 heavy (non-hydrogen) atoms. The van der Waals surface area contributed by atoms with Crippen molar-refractivity contribution in [3.8, 4) is 0 Å². The molecule has 1 aliphatic heterocycles. The van der Waals surface area contributed by atoms with E-state index in [9.17, 15) is 15.0 Å². The van der Waals surface area contributed by atoms with E-state index >= 15 is 0 Å². The van der Waals surface area contributed by atoms with E-state index in [-0.39, 0.29) is 5.82 Å². The number of hydrogen-bond acceptors (Lipinski definition) is 7. The summed E-state index contributed by atoms with van der Waals surface area (Å²) in [5.74, 6) is 0.265. The van der Waals surface area contributed by atoms with Gasteiger partial charge in [-0.2, -0.15) is 4.98 Å². The maximum absolute atomic E-state index is 12.3. The van der Waals surface area contributed by atoms with Gasteiger partial charge < -0.3 is 25.0 Å². The molecule has 1 aromatic heterocycles.